The number of aliphatic hydroxyl groups is 1. The van der Waals surface area contributed by atoms with Crippen molar-refractivity contribution in [2.75, 3.05) is 30.4 Å². The van der Waals surface area contributed by atoms with Crippen LogP contribution in [0.25, 0.3) is 6.08 Å². The number of amides is 1. The summed E-state index contributed by atoms with van der Waals surface area (Å²) < 4.78 is 52.7. The smallest absolute Gasteiger partial charge is 0.395 e. The van der Waals surface area contributed by atoms with Crippen molar-refractivity contribution in [3.8, 4) is 0 Å². The van der Waals surface area contributed by atoms with Crippen molar-refractivity contribution in [3.05, 3.63) is 101 Å². The second-order valence-electron chi connectivity index (χ2n) is 7.65. The number of likely N-dealkylation sites (N-methyl/N-ethyl adjacent to an activating group) is 1. The van der Waals surface area contributed by atoms with E-state index in [0.717, 1.165) is 23.4 Å². The quantitative estimate of drug-likeness (QED) is 0.253. The van der Waals surface area contributed by atoms with E-state index in [0.29, 0.717) is 12.1 Å². The number of nitrogens with one attached hydrogen (secondary N) is 1. The topological polar surface area (TPSA) is 69.6 Å². The fraction of sp³-hybridized carbons (Fsp3) is 0.154. The van der Waals surface area contributed by atoms with Gasteiger partial charge in [0.2, 0.25) is 0 Å². The molecule has 0 fully saturated rings. The molecule has 0 aliphatic heterocycles. The predicted molar refractivity (Wildman–Crippen MR) is 126 cm³/mol. The molecule has 0 heterocycles. The Morgan fingerprint density at radius 1 is 1.00 bits per heavy atom. The number of carbonyl (C=O) groups excluding carboxylic acids is 2. The standard InChI is InChI=1S/C26H22F4N2O3/c1-32(14-15-33)21-10-2-17(3-11-21)4-13-24(34)18-5-8-20(9-6-18)31-25(35)22-12-7-19(27)16-23(22)26(28,29)30/h2-13,16,33H,14-15H2,1H3,(H,31,35)/b13-4+. The molecular formula is C26H22F4N2O3. The lowest BCUT2D eigenvalue weighted by atomic mass is 10.1. The maximum absolute atomic E-state index is 13.3. The summed E-state index contributed by atoms with van der Waals surface area (Å²) in [4.78, 5) is 26.7. The monoisotopic (exact) mass is 486 g/mol. The zero-order valence-corrected chi connectivity index (χ0v) is 18.6. The van der Waals surface area contributed by atoms with E-state index in [1.807, 2.05) is 36.2 Å². The normalized spacial score (nSPS) is 11.5. The molecule has 35 heavy (non-hydrogen) atoms. The van der Waals surface area contributed by atoms with Crippen LogP contribution in [0.3, 0.4) is 0 Å². The highest BCUT2D eigenvalue weighted by molar-refractivity contribution is 6.08. The van der Waals surface area contributed by atoms with Crippen LogP contribution in [-0.2, 0) is 6.18 Å². The van der Waals surface area contributed by atoms with Crippen molar-refractivity contribution in [2.24, 2.45) is 0 Å². The second-order valence-corrected chi connectivity index (χ2v) is 7.65. The van der Waals surface area contributed by atoms with Crippen molar-refractivity contribution in [2.45, 2.75) is 6.18 Å². The SMILES string of the molecule is CN(CCO)c1ccc(/C=C/C(=O)c2ccc(NC(=O)c3ccc(F)cc3C(F)(F)F)cc2)cc1. The molecule has 0 aliphatic rings. The molecule has 5 nitrogen and oxygen atoms in total. The zero-order valence-electron chi connectivity index (χ0n) is 18.6. The Morgan fingerprint density at radius 3 is 2.26 bits per heavy atom. The van der Waals surface area contributed by atoms with E-state index >= 15 is 0 Å². The summed E-state index contributed by atoms with van der Waals surface area (Å²) in [5.74, 6) is -2.46. The van der Waals surface area contributed by atoms with Gasteiger partial charge in [0.05, 0.1) is 17.7 Å². The van der Waals surface area contributed by atoms with Crippen molar-refractivity contribution < 1.29 is 32.3 Å². The number of hydrogen-bond donors (Lipinski definition) is 2. The molecule has 0 saturated heterocycles. The molecule has 0 aliphatic carbocycles. The minimum atomic E-state index is -4.90. The number of rotatable bonds is 8. The Hall–Kier alpha value is -3.98. The summed E-state index contributed by atoms with van der Waals surface area (Å²) >= 11 is 0. The van der Waals surface area contributed by atoms with Gasteiger partial charge in [0.15, 0.2) is 5.78 Å². The molecule has 3 aromatic rings. The number of aliphatic hydroxyl groups excluding tert-OH is 1. The summed E-state index contributed by atoms with van der Waals surface area (Å²) in [6, 6.07) is 14.9. The maximum Gasteiger partial charge on any atom is 0.417 e. The van der Waals surface area contributed by atoms with Gasteiger partial charge >= 0.3 is 6.18 Å². The van der Waals surface area contributed by atoms with Crippen molar-refractivity contribution in [1.29, 1.82) is 0 Å². The van der Waals surface area contributed by atoms with E-state index in [-0.39, 0.29) is 24.1 Å². The highest BCUT2D eigenvalue weighted by atomic mass is 19.4. The van der Waals surface area contributed by atoms with Gasteiger partial charge < -0.3 is 15.3 Å². The molecule has 182 valence electrons. The maximum atomic E-state index is 13.3. The zero-order chi connectivity index (χ0) is 25.6. The first-order valence-electron chi connectivity index (χ1n) is 10.5. The number of benzene rings is 3. The molecule has 0 aromatic heterocycles. The van der Waals surface area contributed by atoms with Gasteiger partial charge in [-0.15, -0.1) is 0 Å². The summed E-state index contributed by atoms with van der Waals surface area (Å²) in [5.41, 5.74) is 0.119. The van der Waals surface area contributed by atoms with Gasteiger partial charge in [0, 0.05) is 30.5 Å². The Morgan fingerprint density at radius 2 is 1.66 bits per heavy atom. The first-order chi connectivity index (χ1) is 16.6. The number of halogens is 4. The first-order valence-corrected chi connectivity index (χ1v) is 10.5. The summed E-state index contributed by atoms with van der Waals surface area (Å²) in [5, 5.41) is 11.3. The molecule has 9 heteroatoms. The van der Waals surface area contributed by atoms with Gasteiger partial charge in [-0.25, -0.2) is 4.39 Å². The van der Waals surface area contributed by atoms with E-state index in [1.54, 1.807) is 6.08 Å². The van der Waals surface area contributed by atoms with Crippen LogP contribution in [0, 0.1) is 5.82 Å². The van der Waals surface area contributed by atoms with Gasteiger partial charge in [-0.2, -0.15) is 13.2 Å². The van der Waals surface area contributed by atoms with Crippen LogP contribution in [0.4, 0.5) is 28.9 Å². The molecule has 3 rings (SSSR count). The van der Waals surface area contributed by atoms with Crippen LogP contribution in [0.5, 0.6) is 0 Å². The van der Waals surface area contributed by atoms with E-state index in [2.05, 4.69) is 5.32 Å². The predicted octanol–water partition coefficient (Wildman–Crippen LogP) is 5.42. The minimum Gasteiger partial charge on any atom is -0.395 e. The van der Waals surface area contributed by atoms with Gasteiger partial charge in [0.25, 0.3) is 5.91 Å². The van der Waals surface area contributed by atoms with Gasteiger partial charge in [-0.3, -0.25) is 9.59 Å². The number of carbonyl (C=O) groups is 2. The summed E-state index contributed by atoms with van der Waals surface area (Å²) in [6.45, 7) is 0.535. The lowest BCUT2D eigenvalue weighted by Gasteiger charge is -2.17. The van der Waals surface area contributed by atoms with Gasteiger partial charge in [-0.05, 0) is 66.2 Å². The Labute approximate surface area is 199 Å². The average molecular weight is 486 g/mol. The number of hydrogen-bond acceptors (Lipinski definition) is 4. The van der Waals surface area contributed by atoms with Crippen LogP contribution in [0.1, 0.15) is 31.8 Å². The molecule has 0 radical (unpaired) electrons. The average Bonchev–Trinajstić information content (AvgIpc) is 2.83. The van der Waals surface area contributed by atoms with E-state index in [9.17, 15) is 27.2 Å². The first kappa shape index (κ1) is 25.6. The number of allylic oxidation sites excluding steroid dienone is 1. The van der Waals surface area contributed by atoms with Crippen LogP contribution < -0.4 is 10.2 Å². The molecule has 0 atom stereocenters. The molecule has 0 bridgehead atoms. The lowest BCUT2D eigenvalue weighted by Crippen LogP contribution is -2.20. The third kappa shape index (κ3) is 6.77. The van der Waals surface area contributed by atoms with E-state index in [1.165, 1.54) is 30.3 Å². The van der Waals surface area contributed by atoms with Crippen LogP contribution >= 0.6 is 0 Å². The minimum absolute atomic E-state index is 0.0377. The van der Waals surface area contributed by atoms with Crippen LogP contribution in [0.15, 0.2) is 72.8 Å². The fourth-order valence-corrected chi connectivity index (χ4v) is 3.25. The Bertz CT molecular complexity index is 1220. The van der Waals surface area contributed by atoms with Gasteiger partial charge in [0.1, 0.15) is 5.82 Å². The van der Waals surface area contributed by atoms with E-state index < -0.39 is 29.0 Å². The highest BCUT2D eigenvalue weighted by Gasteiger charge is 2.35. The summed E-state index contributed by atoms with van der Waals surface area (Å²) in [6.07, 6.45) is -1.87. The van der Waals surface area contributed by atoms with Crippen molar-refractivity contribution in [1.82, 2.24) is 0 Å². The highest BCUT2D eigenvalue weighted by Crippen LogP contribution is 2.33. The molecule has 0 unspecified atom stereocenters. The fourth-order valence-electron chi connectivity index (χ4n) is 3.25. The van der Waals surface area contributed by atoms with Crippen molar-refractivity contribution in [3.63, 3.8) is 0 Å². The Balaban J connectivity index is 1.66. The molecule has 2 N–H and O–H groups in total. The third-order valence-corrected chi connectivity index (χ3v) is 5.16. The number of anilines is 2. The second kappa shape index (κ2) is 11.0. The molecule has 0 saturated carbocycles. The van der Waals surface area contributed by atoms with E-state index in [4.69, 9.17) is 5.11 Å². The molecular weight excluding hydrogens is 464 g/mol. The molecule has 1 amide bonds. The largest absolute Gasteiger partial charge is 0.417 e. The van der Waals surface area contributed by atoms with Crippen LogP contribution in [-0.4, -0.2) is 37.0 Å². The Kier molecular flexibility index (Phi) is 8.03. The van der Waals surface area contributed by atoms with Crippen molar-refractivity contribution >= 4 is 29.1 Å². The lowest BCUT2D eigenvalue weighted by molar-refractivity contribution is -0.138. The van der Waals surface area contributed by atoms with Crippen LogP contribution in [0.2, 0.25) is 0 Å². The molecule has 3 aromatic carbocycles. The third-order valence-electron chi connectivity index (χ3n) is 5.16. The molecule has 0 spiro atoms. The summed E-state index contributed by atoms with van der Waals surface area (Å²) in [7, 11) is 1.85. The van der Waals surface area contributed by atoms with Gasteiger partial charge in [-0.1, -0.05) is 18.2 Å². The number of alkyl halides is 3. The number of ketones is 1. The number of nitrogens with zero attached hydrogens (tertiary/aromatic N) is 1.